The van der Waals surface area contributed by atoms with Crippen LogP contribution in [0.15, 0.2) is 0 Å². The van der Waals surface area contributed by atoms with Crippen LogP contribution in [0.5, 0.6) is 0 Å². The molecule has 0 amide bonds. The number of rotatable bonds is 41. The monoisotopic (exact) mass is 632 g/mol. The van der Waals surface area contributed by atoms with Crippen molar-refractivity contribution in [3.63, 3.8) is 0 Å². The molecule has 0 aliphatic rings. The van der Waals surface area contributed by atoms with Crippen molar-refractivity contribution in [2.75, 3.05) is 0 Å². The zero-order chi connectivity index (χ0) is 32.6. The quantitative estimate of drug-likeness (QED) is 0.0589. The molecule has 0 saturated carbocycles. The van der Waals surface area contributed by atoms with Crippen molar-refractivity contribution in [2.24, 2.45) is 5.92 Å². The van der Waals surface area contributed by atoms with Gasteiger partial charge in [-0.25, -0.2) is 0 Å². The Morgan fingerprint density at radius 1 is 0.244 bits per heavy atom. The van der Waals surface area contributed by atoms with Gasteiger partial charge in [0.15, 0.2) is 0 Å². The van der Waals surface area contributed by atoms with Crippen LogP contribution in [0.25, 0.3) is 0 Å². The van der Waals surface area contributed by atoms with Crippen LogP contribution in [0.2, 0.25) is 0 Å². The van der Waals surface area contributed by atoms with Gasteiger partial charge >= 0.3 is 0 Å². The minimum Gasteiger partial charge on any atom is -0.0654 e. The lowest BCUT2D eigenvalue weighted by Crippen LogP contribution is -2.01. The van der Waals surface area contributed by atoms with Gasteiger partial charge in [0, 0.05) is 0 Å². The average Bonchev–Trinajstić information content (AvgIpc) is 3.05. The van der Waals surface area contributed by atoms with Crippen LogP contribution in [0, 0.1) is 12.8 Å². The van der Waals surface area contributed by atoms with E-state index in [-0.39, 0.29) is 0 Å². The smallest absolute Gasteiger partial charge is 0.0414 e. The third-order valence-electron chi connectivity index (χ3n) is 10.8. The molecule has 0 N–H and O–H groups in total. The minimum absolute atomic E-state index is 0.994. The van der Waals surface area contributed by atoms with Gasteiger partial charge < -0.3 is 0 Å². The van der Waals surface area contributed by atoms with Crippen molar-refractivity contribution in [3.05, 3.63) is 6.92 Å². The highest BCUT2D eigenvalue weighted by atomic mass is 14.1. The molecule has 0 aliphatic carbocycles. The molecule has 0 bridgehead atoms. The van der Waals surface area contributed by atoms with Gasteiger partial charge in [-0.3, -0.25) is 0 Å². The fourth-order valence-corrected chi connectivity index (χ4v) is 7.54. The first kappa shape index (κ1) is 45.0. The molecule has 0 saturated heterocycles. The van der Waals surface area contributed by atoms with Crippen LogP contribution < -0.4 is 0 Å². The van der Waals surface area contributed by atoms with Gasteiger partial charge in [-0.15, -0.1) is 0 Å². The Kier molecular flexibility index (Phi) is 42.0. The highest BCUT2D eigenvalue weighted by Gasteiger charge is 2.08. The maximum absolute atomic E-state index is 4.13. The predicted molar refractivity (Wildman–Crippen MR) is 209 cm³/mol. The largest absolute Gasteiger partial charge is 0.0654 e. The molecule has 0 aromatic carbocycles. The summed E-state index contributed by atoms with van der Waals surface area (Å²) in [5, 5.41) is 0. The molecule has 0 heterocycles. The van der Waals surface area contributed by atoms with Crippen molar-refractivity contribution in [1.82, 2.24) is 0 Å². The summed E-state index contributed by atoms with van der Waals surface area (Å²) in [7, 11) is 0. The number of hydrogen-bond donors (Lipinski definition) is 0. The van der Waals surface area contributed by atoms with E-state index < -0.39 is 0 Å². The van der Waals surface area contributed by atoms with E-state index in [1.807, 2.05) is 0 Å². The molecule has 0 rings (SSSR count). The van der Waals surface area contributed by atoms with Crippen LogP contribution in [0.3, 0.4) is 0 Å². The Morgan fingerprint density at radius 3 is 0.622 bits per heavy atom. The van der Waals surface area contributed by atoms with Crippen LogP contribution in [-0.4, -0.2) is 0 Å². The Labute approximate surface area is 289 Å². The molecule has 0 fully saturated rings. The molecule has 1 atom stereocenters. The summed E-state index contributed by atoms with van der Waals surface area (Å²) in [4.78, 5) is 0. The lowest BCUT2D eigenvalue weighted by Gasteiger charge is -2.16. The lowest BCUT2D eigenvalue weighted by atomic mass is 9.90. The zero-order valence-corrected chi connectivity index (χ0v) is 32.3. The molecule has 1 unspecified atom stereocenters. The van der Waals surface area contributed by atoms with E-state index in [1.54, 1.807) is 0 Å². The third kappa shape index (κ3) is 40.1. The molecule has 45 heavy (non-hydrogen) atoms. The van der Waals surface area contributed by atoms with Crippen molar-refractivity contribution in [2.45, 2.75) is 277 Å². The fraction of sp³-hybridized carbons (Fsp3) is 0.978. The van der Waals surface area contributed by atoms with E-state index in [2.05, 4.69) is 20.8 Å². The maximum atomic E-state index is 4.13. The second-order valence-corrected chi connectivity index (χ2v) is 15.5. The predicted octanol–water partition coefficient (Wildman–Crippen LogP) is 17.5. The van der Waals surface area contributed by atoms with Gasteiger partial charge in [0.25, 0.3) is 0 Å². The summed E-state index contributed by atoms with van der Waals surface area (Å²) in [6, 6.07) is 0. The van der Waals surface area contributed by atoms with Crippen LogP contribution in [0.4, 0.5) is 0 Å². The molecule has 1 radical (unpaired) electrons. The Morgan fingerprint density at radius 2 is 0.422 bits per heavy atom. The van der Waals surface area contributed by atoms with Gasteiger partial charge in [-0.05, 0) is 5.92 Å². The Balaban J connectivity index is 3.41. The molecule has 0 heteroatoms. The van der Waals surface area contributed by atoms with Crippen LogP contribution in [-0.2, 0) is 0 Å². The molecule has 0 spiro atoms. The van der Waals surface area contributed by atoms with Crippen molar-refractivity contribution in [1.29, 1.82) is 0 Å². The summed E-state index contributed by atoms with van der Waals surface area (Å²) in [6.07, 6.45) is 60.1. The summed E-state index contributed by atoms with van der Waals surface area (Å²) in [6.45, 7) is 8.75. The van der Waals surface area contributed by atoms with Gasteiger partial charge in [-0.2, -0.15) is 0 Å². The summed E-state index contributed by atoms with van der Waals surface area (Å²) >= 11 is 0. The van der Waals surface area contributed by atoms with Crippen molar-refractivity contribution < 1.29 is 0 Å². The number of unbranched alkanes of at least 4 members (excludes halogenated alkanes) is 35. The first-order valence-electron chi connectivity index (χ1n) is 22.1. The van der Waals surface area contributed by atoms with E-state index >= 15 is 0 Å². The second-order valence-electron chi connectivity index (χ2n) is 15.5. The third-order valence-corrected chi connectivity index (χ3v) is 10.8. The molecule has 271 valence electrons. The number of hydrogen-bond acceptors (Lipinski definition) is 0. The molecule has 0 aromatic rings. The fourth-order valence-electron chi connectivity index (χ4n) is 7.54. The molecular formula is C45H91. The van der Waals surface area contributed by atoms with Gasteiger partial charge in [-0.1, -0.05) is 284 Å². The summed E-state index contributed by atoms with van der Waals surface area (Å²) in [5.74, 6) is 0.994. The molecule has 0 aromatic heterocycles. The van der Waals surface area contributed by atoms with E-state index in [4.69, 9.17) is 0 Å². The average molecular weight is 632 g/mol. The summed E-state index contributed by atoms with van der Waals surface area (Å²) < 4.78 is 0. The lowest BCUT2D eigenvalue weighted by molar-refractivity contribution is 0.372. The van der Waals surface area contributed by atoms with Crippen LogP contribution >= 0.6 is 0 Å². The van der Waals surface area contributed by atoms with E-state index in [0.717, 1.165) is 12.3 Å². The minimum atomic E-state index is 0.994. The van der Waals surface area contributed by atoms with E-state index in [1.165, 1.54) is 257 Å². The SMILES string of the molecule is [CH2]CCCC(CCCCCCCCCCCCCCCCC)CCCCCCCCCCCCCCCCCCCCCCC. The highest BCUT2D eigenvalue weighted by Crippen LogP contribution is 2.24. The van der Waals surface area contributed by atoms with Crippen molar-refractivity contribution in [3.8, 4) is 0 Å². The van der Waals surface area contributed by atoms with Crippen molar-refractivity contribution >= 4 is 0 Å². The second kappa shape index (κ2) is 42.0. The highest BCUT2D eigenvalue weighted by molar-refractivity contribution is 4.62. The Bertz CT molecular complexity index is 480. The van der Waals surface area contributed by atoms with Gasteiger partial charge in [0.1, 0.15) is 0 Å². The maximum Gasteiger partial charge on any atom is -0.0414 e. The molecule has 0 aliphatic heterocycles. The molecule has 0 nitrogen and oxygen atoms in total. The van der Waals surface area contributed by atoms with Gasteiger partial charge in [0.05, 0.1) is 0 Å². The first-order chi connectivity index (χ1) is 22.3. The van der Waals surface area contributed by atoms with E-state index in [9.17, 15) is 0 Å². The van der Waals surface area contributed by atoms with E-state index in [0.29, 0.717) is 0 Å². The summed E-state index contributed by atoms with van der Waals surface area (Å²) in [5.41, 5.74) is 0. The van der Waals surface area contributed by atoms with Gasteiger partial charge in [0.2, 0.25) is 0 Å². The first-order valence-corrected chi connectivity index (χ1v) is 22.1. The normalized spacial score (nSPS) is 12.3. The zero-order valence-electron chi connectivity index (χ0n) is 32.3. The topological polar surface area (TPSA) is 0 Å². The standard InChI is InChI=1S/C45H91/c1-4-7-10-12-14-16-18-20-22-23-24-25-26-27-29-31-33-35-37-39-41-44-45(42-9-6-3)43-40-38-36-34-32-30-28-21-19-17-15-13-11-8-5-2/h45H,3-44H2,1-2H3. The van der Waals surface area contributed by atoms with Crippen LogP contribution in [0.1, 0.15) is 277 Å². The Hall–Kier alpha value is 0. The molecular weight excluding hydrogens is 540 g/mol.